The van der Waals surface area contributed by atoms with Gasteiger partial charge in [0, 0.05) is 12.3 Å². The van der Waals surface area contributed by atoms with Gasteiger partial charge in [-0.3, -0.25) is 19.7 Å². The monoisotopic (exact) mass is 315 g/mol. The lowest BCUT2D eigenvalue weighted by Crippen LogP contribution is -2.20. The molecule has 0 spiro atoms. The summed E-state index contributed by atoms with van der Waals surface area (Å²) in [6.45, 7) is 4.45. The Kier molecular flexibility index (Phi) is 5.51. The van der Waals surface area contributed by atoms with E-state index >= 15 is 0 Å². The van der Waals surface area contributed by atoms with E-state index < -0.39 is 5.97 Å². The van der Waals surface area contributed by atoms with Gasteiger partial charge in [0.05, 0.1) is 30.5 Å². The number of carbonyl (C=O) groups is 1. The molecule has 0 atom stereocenters. The van der Waals surface area contributed by atoms with Crippen LogP contribution in [0.1, 0.15) is 31.5 Å². The van der Waals surface area contributed by atoms with E-state index in [9.17, 15) is 9.59 Å². The maximum atomic E-state index is 12.8. The van der Waals surface area contributed by atoms with Crippen molar-refractivity contribution in [1.82, 2.24) is 9.78 Å². The number of benzene rings is 1. The van der Waals surface area contributed by atoms with Gasteiger partial charge in [0.15, 0.2) is 0 Å². The molecular formula is C17H21N3O3. The van der Waals surface area contributed by atoms with Gasteiger partial charge in [0.2, 0.25) is 0 Å². The number of hydrogen-bond donors (Lipinski definition) is 1. The van der Waals surface area contributed by atoms with Crippen LogP contribution < -0.4 is 5.56 Å². The highest BCUT2D eigenvalue weighted by Crippen LogP contribution is 2.10. The van der Waals surface area contributed by atoms with E-state index in [4.69, 9.17) is 4.74 Å². The Morgan fingerprint density at radius 2 is 2.00 bits per heavy atom. The molecule has 0 bridgehead atoms. The second kappa shape index (κ2) is 7.58. The van der Waals surface area contributed by atoms with Crippen molar-refractivity contribution in [1.29, 1.82) is 0 Å². The first kappa shape index (κ1) is 16.7. The lowest BCUT2D eigenvalue weighted by molar-refractivity contribution is -0.139. The predicted octanol–water partition coefficient (Wildman–Crippen LogP) is 2.10. The molecule has 0 unspecified atom stereocenters. The standard InChI is InChI=1S/C17H21N3O3/c1-4-10-18-12(2)16-14(11-15(21)23-3)19-20(17(16)22)13-8-6-5-7-9-13/h5-9,19H,4,10-11H2,1-3H3. The summed E-state index contributed by atoms with van der Waals surface area (Å²) in [6, 6.07) is 9.21. The smallest absolute Gasteiger partial charge is 0.311 e. The van der Waals surface area contributed by atoms with E-state index in [1.54, 1.807) is 6.92 Å². The molecular weight excluding hydrogens is 294 g/mol. The number of H-pyrrole nitrogens is 1. The zero-order valence-corrected chi connectivity index (χ0v) is 13.6. The molecule has 0 fully saturated rings. The fourth-order valence-corrected chi connectivity index (χ4v) is 2.32. The van der Waals surface area contributed by atoms with Gasteiger partial charge in [-0.1, -0.05) is 25.1 Å². The first-order valence-electron chi connectivity index (χ1n) is 7.56. The van der Waals surface area contributed by atoms with Crippen molar-refractivity contribution < 1.29 is 9.53 Å². The molecule has 0 saturated carbocycles. The van der Waals surface area contributed by atoms with E-state index in [2.05, 4.69) is 10.1 Å². The van der Waals surface area contributed by atoms with E-state index in [1.807, 2.05) is 37.3 Å². The maximum absolute atomic E-state index is 12.8. The van der Waals surface area contributed by atoms with Crippen LogP contribution in [0.5, 0.6) is 0 Å². The lowest BCUT2D eigenvalue weighted by Gasteiger charge is -2.01. The van der Waals surface area contributed by atoms with Gasteiger partial charge >= 0.3 is 5.97 Å². The molecule has 0 aliphatic heterocycles. The van der Waals surface area contributed by atoms with Crippen LogP contribution in [0.3, 0.4) is 0 Å². The van der Waals surface area contributed by atoms with Crippen molar-refractivity contribution >= 4 is 11.7 Å². The van der Waals surface area contributed by atoms with Crippen LogP contribution in [-0.2, 0) is 16.0 Å². The Balaban J connectivity index is 2.56. The molecule has 1 N–H and O–H groups in total. The average Bonchev–Trinajstić information content (AvgIpc) is 2.89. The van der Waals surface area contributed by atoms with Gasteiger partial charge < -0.3 is 4.74 Å². The summed E-state index contributed by atoms with van der Waals surface area (Å²) in [6.07, 6.45) is 0.890. The zero-order chi connectivity index (χ0) is 16.8. The molecule has 1 aromatic heterocycles. The number of nitrogens with zero attached hydrogens (tertiary/aromatic N) is 2. The average molecular weight is 315 g/mol. The molecule has 23 heavy (non-hydrogen) atoms. The highest BCUT2D eigenvalue weighted by Gasteiger charge is 2.20. The first-order valence-corrected chi connectivity index (χ1v) is 7.56. The third kappa shape index (κ3) is 3.77. The quantitative estimate of drug-likeness (QED) is 0.655. The molecule has 1 aromatic carbocycles. The molecule has 0 aliphatic rings. The Hall–Kier alpha value is -2.63. The number of aromatic nitrogens is 2. The SMILES string of the molecule is CCCN=C(C)c1c(CC(=O)OC)[nH]n(-c2ccccc2)c1=O. The minimum Gasteiger partial charge on any atom is -0.469 e. The molecule has 1 heterocycles. The summed E-state index contributed by atoms with van der Waals surface area (Å²) in [5.41, 5.74) is 2.07. The van der Waals surface area contributed by atoms with Crippen molar-refractivity contribution in [3.8, 4) is 5.69 Å². The van der Waals surface area contributed by atoms with Crippen LogP contribution in [0.25, 0.3) is 5.69 Å². The second-order valence-electron chi connectivity index (χ2n) is 5.16. The molecule has 6 heteroatoms. The number of carbonyl (C=O) groups excluding carboxylic acids is 1. The summed E-state index contributed by atoms with van der Waals surface area (Å²) in [7, 11) is 1.33. The van der Waals surface area contributed by atoms with Crippen molar-refractivity contribution in [2.75, 3.05) is 13.7 Å². The number of hydrogen-bond acceptors (Lipinski definition) is 4. The number of para-hydroxylation sites is 1. The van der Waals surface area contributed by atoms with Gasteiger partial charge in [-0.2, -0.15) is 0 Å². The largest absolute Gasteiger partial charge is 0.469 e. The zero-order valence-electron chi connectivity index (χ0n) is 13.6. The normalized spacial score (nSPS) is 11.5. The van der Waals surface area contributed by atoms with Gasteiger partial charge in [-0.25, -0.2) is 4.68 Å². The number of ether oxygens (including phenoxy) is 1. The van der Waals surface area contributed by atoms with Crippen LogP contribution in [0.15, 0.2) is 40.1 Å². The summed E-state index contributed by atoms with van der Waals surface area (Å²) in [5.74, 6) is -0.406. The Morgan fingerprint density at radius 3 is 2.61 bits per heavy atom. The van der Waals surface area contributed by atoms with E-state index in [0.29, 0.717) is 29.2 Å². The van der Waals surface area contributed by atoms with E-state index in [-0.39, 0.29) is 12.0 Å². The van der Waals surface area contributed by atoms with E-state index in [0.717, 1.165) is 6.42 Å². The summed E-state index contributed by atoms with van der Waals surface area (Å²) in [5, 5.41) is 3.01. The van der Waals surface area contributed by atoms with Crippen molar-refractivity contribution in [3.63, 3.8) is 0 Å². The van der Waals surface area contributed by atoms with Crippen LogP contribution in [-0.4, -0.2) is 35.1 Å². The van der Waals surface area contributed by atoms with Gasteiger partial charge in [-0.05, 0) is 25.5 Å². The highest BCUT2D eigenvalue weighted by atomic mass is 16.5. The number of nitrogens with one attached hydrogen (secondary N) is 1. The Bertz CT molecular complexity index is 757. The van der Waals surface area contributed by atoms with Gasteiger partial charge in [0.25, 0.3) is 5.56 Å². The second-order valence-corrected chi connectivity index (χ2v) is 5.16. The number of aromatic amines is 1. The fourth-order valence-electron chi connectivity index (χ4n) is 2.32. The molecule has 2 aromatic rings. The topological polar surface area (TPSA) is 76.4 Å². The lowest BCUT2D eigenvalue weighted by atomic mass is 10.1. The maximum Gasteiger partial charge on any atom is 0.311 e. The summed E-state index contributed by atoms with van der Waals surface area (Å²) < 4.78 is 6.14. The minimum absolute atomic E-state index is 0.000107. The Morgan fingerprint density at radius 1 is 1.30 bits per heavy atom. The number of rotatable bonds is 6. The highest BCUT2D eigenvalue weighted by molar-refractivity contribution is 6.00. The molecule has 0 amide bonds. The molecule has 2 rings (SSSR count). The first-order chi connectivity index (χ1) is 11.1. The number of esters is 1. The molecule has 0 aliphatic carbocycles. The van der Waals surface area contributed by atoms with Gasteiger partial charge in [-0.15, -0.1) is 0 Å². The third-order valence-corrected chi connectivity index (χ3v) is 3.46. The third-order valence-electron chi connectivity index (χ3n) is 3.46. The minimum atomic E-state index is -0.406. The van der Waals surface area contributed by atoms with Crippen LogP contribution in [0, 0.1) is 0 Å². The van der Waals surface area contributed by atoms with Gasteiger partial charge in [0.1, 0.15) is 0 Å². The van der Waals surface area contributed by atoms with Crippen LogP contribution >= 0.6 is 0 Å². The van der Waals surface area contributed by atoms with E-state index in [1.165, 1.54) is 11.8 Å². The molecule has 6 nitrogen and oxygen atoms in total. The van der Waals surface area contributed by atoms with Crippen molar-refractivity contribution in [2.24, 2.45) is 4.99 Å². The molecule has 122 valence electrons. The Labute approximate surface area is 134 Å². The van der Waals surface area contributed by atoms with Crippen molar-refractivity contribution in [2.45, 2.75) is 26.7 Å². The number of aliphatic imine (C=N–C) groups is 1. The van der Waals surface area contributed by atoms with Crippen LogP contribution in [0.2, 0.25) is 0 Å². The summed E-state index contributed by atoms with van der Waals surface area (Å²) in [4.78, 5) is 28.8. The molecule has 0 saturated heterocycles. The number of methoxy groups -OCH3 is 1. The fraction of sp³-hybridized carbons (Fsp3) is 0.353. The summed E-state index contributed by atoms with van der Waals surface area (Å²) >= 11 is 0. The predicted molar refractivity (Wildman–Crippen MR) is 89.5 cm³/mol. The molecule has 0 radical (unpaired) electrons. The van der Waals surface area contributed by atoms with Crippen molar-refractivity contribution in [3.05, 3.63) is 51.9 Å². The van der Waals surface area contributed by atoms with Crippen LogP contribution in [0.4, 0.5) is 0 Å².